The first-order valence-electron chi connectivity index (χ1n) is 10.2. The lowest BCUT2D eigenvalue weighted by molar-refractivity contribution is -0.160. The summed E-state index contributed by atoms with van der Waals surface area (Å²) in [4.78, 5) is 39.2. The molecule has 1 aliphatic heterocycles. The molecule has 1 unspecified atom stereocenters. The Balaban J connectivity index is 2.34. The third-order valence-corrected chi connectivity index (χ3v) is 7.09. The van der Waals surface area contributed by atoms with Gasteiger partial charge >= 0.3 is 11.9 Å². The molecular weight excluding hydrogens is 434 g/mol. The summed E-state index contributed by atoms with van der Waals surface area (Å²) < 4.78 is 38.2. The SMILES string of the molecule is CCOC(=O)CC1(C(=O)OCC)c2cc(C)ccc2C(=O)N1S(=O)(=O)c1ccc(C)cc1. The van der Waals surface area contributed by atoms with Gasteiger partial charge in [0.25, 0.3) is 15.9 Å². The van der Waals surface area contributed by atoms with Crippen LogP contribution in [0.3, 0.4) is 0 Å². The molecule has 0 spiro atoms. The van der Waals surface area contributed by atoms with Crippen molar-refractivity contribution in [3.63, 3.8) is 0 Å². The van der Waals surface area contributed by atoms with E-state index < -0.39 is 39.8 Å². The van der Waals surface area contributed by atoms with Gasteiger partial charge in [-0.05, 0) is 45.9 Å². The molecule has 0 fully saturated rings. The van der Waals surface area contributed by atoms with Crippen molar-refractivity contribution in [2.24, 2.45) is 0 Å². The van der Waals surface area contributed by atoms with Crippen LogP contribution < -0.4 is 0 Å². The number of carbonyl (C=O) groups is 3. The van der Waals surface area contributed by atoms with E-state index in [9.17, 15) is 22.8 Å². The van der Waals surface area contributed by atoms with Crippen LogP contribution in [0.5, 0.6) is 0 Å². The van der Waals surface area contributed by atoms with Crippen molar-refractivity contribution in [1.29, 1.82) is 0 Å². The van der Waals surface area contributed by atoms with E-state index in [1.807, 2.05) is 0 Å². The number of hydrogen-bond donors (Lipinski definition) is 0. The number of benzene rings is 2. The summed E-state index contributed by atoms with van der Waals surface area (Å²) in [6, 6.07) is 10.5. The largest absolute Gasteiger partial charge is 0.466 e. The third kappa shape index (κ3) is 3.77. The Labute approximate surface area is 187 Å². The Morgan fingerprint density at radius 3 is 2.12 bits per heavy atom. The fourth-order valence-corrected chi connectivity index (χ4v) is 5.47. The zero-order chi connectivity index (χ0) is 23.7. The first kappa shape index (κ1) is 23.5. The number of sulfonamides is 1. The fourth-order valence-electron chi connectivity index (χ4n) is 3.81. The van der Waals surface area contributed by atoms with Crippen LogP contribution in [0.25, 0.3) is 0 Å². The van der Waals surface area contributed by atoms with Crippen LogP contribution in [0.2, 0.25) is 0 Å². The maximum absolute atomic E-state index is 13.7. The molecule has 0 N–H and O–H groups in total. The number of aryl methyl sites for hydroxylation is 2. The Morgan fingerprint density at radius 2 is 1.53 bits per heavy atom. The van der Waals surface area contributed by atoms with Crippen LogP contribution in [0.4, 0.5) is 0 Å². The van der Waals surface area contributed by atoms with Crippen molar-refractivity contribution >= 4 is 27.9 Å². The summed E-state index contributed by atoms with van der Waals surface area (Å²) >= 11 is 0. The van der Waals surface area contributed by atoms with E-state index in [1.165, 1.54) is 24.3 Å². The molecular formula is C23H25NO7S. The van der Waals surface area contributed by atoms with Gasteiger partial charge in [0.2, 0.25) is 0 Å². The van der Waals surface area contributed by atoms with Crippen molar-refractivity contribution < 1.29 is 32.3 Å². The normalized spacial score (nSPS) is 17.8. The van der Waals surface area contributed by atoms with Gasteiger partial charge in [-0.2, -0.15) is 0 Å². The average molecular weight is 460 g/mol. The molecule has 32 heavy (non-hydrogen) atoms. The maximum Gasteiger partial charge on any atom is 0.338 e. The monoisotopic (exact) mass is 459 g/mol. The van der Waals surface area contributed by atoms with Crippen molar-refractivity contribution in [1.82, 2.24) is 4.31 Å². The molecule has 0 radical (unpaired) electrons. The minimum Gasteiger partial charge on any atom is -0.466 e. The molecule has 0 bridgehead atoms. The molecule has 1 amide bonds. The molecule has 0 aliphatic carbocycles. The van der Waals surface area contributed by atoms with Gasteiger partial charge in [-0.25, -0.2) is 17.5 Å². The minimum absolute atomic E-state index is 0.0173. The Morgan fingerprint density at radius 1 is 0.938 bits per heavy atom. The minimum atomic E-state index is -4.54. The van der Waals surface area contributed by atoms with Crippen LogP contribution in [-0.2, 0) is 34.6 Å². The molecule has 2 aromatic carbocycles. The number of carbonyl (C=O) groups excluding carboxylic acids is 3. The van der Waals surface area contributed by atoms with E-state index in [2.05, 4.69) is 0 Å². The van der Waals surface area contributed by atoms with E-state index in [0.717, 1.165) is 5.56 Å². The topological polar surface area (TPSA) is 107 Å². The van der Waals surface area contributed by atoms with Gasteiger partial charge in [0.15, 0.2) is 5.54 Å². The first-order valence-corrected chi connectivity index (χ1v) is 11.6. The number of rotatable bonds is 7. The predicted molar refractivity (Wildman–Crippen MR) is 115 cm³/mol. The Hall–Kier alpha value is -3.20. The molecule has 1 aliphatic rings. The highest BCUT2D eigenvalue weighted by atomic mass is 32.2. The molecule has 9 heteroatoms. The zero-order valence-electron chi connectivity index (χ0n) is 18.4. The molecule has 3 rings (SSSR count). The molecule has 0 aromatic heterocycles. The van der Waals surface area contributed by atoms with Gasteiger partial charge < -0.3 is 9.47 Å². The van der Waals surface area contributed by atoms with Crippen LogP contribution in [0.1, 0.15) is 47.3 Å². The number of fused-ring (bicyclic) bond motifs is 1. The van der Waals surface area contributed by atoms with Gasteiger partial charge in [0, 0.05) is 11.1 Å². The predicted octanol–water partition coefficient (Wildman–Crippen LogP) is 2.86. The smallest absolute Gasteiger partial charge is 0.338 e. The molecule has 2 aromatic rings. The van der Waals surface area contributed by atoms with Gasteiger partial charge in [-0.1, -0.05) is 35.4 Å². The number of nitrogens with zero attached hydrogens (tertiary/aromatic N) is 1. The van der Waals surface area contributed by atoms with Crippen LogP contribution in [0, 0.1) is 13.8 Å². The van der Waals surface area contributed by atoms with Crippen molar-refractivity contribution in [3.05, 3.63) is 64.7 Å². The molecule has 0 saturated heterocycles. The highest BCUT2D eigenvalue weighted by Gasteiger charge is 2.62. The molecule has 1 atom stereocenters. The first-order chi connectivity index (χ1) is 15.1. The number of hydrogen-bond acceptors (Lipinski definition) is 7. The van der Waals surface area contributed by atoms with Gasteiger partial charge in [0.05, 0.1) is 24.5 Å². The fraction of sp³-hybridized carbons (Fsp3) is 0.348. The van der Waals surface area contributed by atoms with E-state index >= 15 is 0 Å². The third-order valence-electron chi connectivity index (χ3n) is 5.26. The van der Waals surface area contributed by atoms with E-state index in [0.29, 0.717) is 9.87 Å². The summed E-state index contributed by atoms with van der Waals surface area (Å²) in [6.07, 6.45) is -0.701. The lowest BCUT2D eigenvalue weighted by atomic mass is 9.86. The highest BCUT2D eigenvalue weighted by Crippen LogP contribution is 2.46. The highest BCUT2D eigenvalue weighted by molar-refractivity contribution is 7.89. The van der Waals surface area contributed by atoms with Gasteiger partial charge in [-0.15, -0.1) is 0 Å². The van der Waals surface area contributed by atoms with Crippen LogP contribution >= 0.6 is 0 Å². The standard InChI is InChI=1S/C23H25NO7S/c1-5-30-20(25)14-23(22(27)31-6-2)19-13-16(4)9-12-18(19)21(26)24(23)32(28,29)17-10-7-15(3)8-11-17/h7-13H,5-6,14H2,1-4H3. The lowest BCUT2D eigenvalue weighted by Gasteiger charge is -2.35. The Kier molecular flexibility index (Phi) is 6.41. The van der Waals surface area contributed by atoms with E-state index in [-0.39, 0.29) is 29.2 Å². The Bertz CT molecular complexity index is 1170. The summed E-state index contributed by atoms with van der Waals surface area (Å²) in [5.41, 5.74) is -0.597. The molecule has 170 valence electrons. The lowest BCUT2D eigenvalue weighted by Crippen LogP contribution is -2.54. The van der Waals surface area contributed by atoms with Crippen molar-refractivity contribution in [2.75, 3.05) is 13.2 Å². The van der Waals surface area contributed by atoms with Crippen molar-refractivity contribution in [3.8, 4) is 0 Å². The van der Waals surface area contributed by atoms with Crippen LogP contribution in [-0.4, -0.2) is 43.8 Å². The van der Waals surface area contributed by atoms with E-state index in [4.69, 9.17) is 9.47 Å². The molecule has 8 nitrogen and oxygen atoms in total. The number of amides is 1. The van der Waals surface area contributed by atoms with Crippen LogP contribution in [0.15, 0.2) is 47.4 Å². The second kappa shape index (κ2) is 8.74. The molecule has 0 saturated carbocycles. The maximum atomic E-state index is 13.7. The zero-order valence-corrected chi connectivity index (χ0v) is 19.2. The number of ether oxygens (including phenoxy) is 2. The molecule has 1 heterocycles. The quantitative estimate of drug-likeness (QED) is 0.586. The van der Waals surface area contributed by atoms with Crippen molar-refractivity contribution in [2.45, 2.75) is 44.6 Å². The summed E-state index contributed by atoms with van der Waals surface area (Å²) in [7, 11) is -4.54. The summed E-state index contributed by atoms with van der Waals surface area (Å²) in [5.74, 6) is -2.74. The number of esters is 2. The summed E-state index contributed by atoms with van der Waals surface area (Å²) in [5, 5.41) is 0. The van der Waals surface area contributed by atoms with Gasteiger partial charge in [0.1, 0.15) is 0 Å². The second-order valence-corrected chi connectivity index (χ2v) is 9.29. The summed E-state index contributed by atoms with van der Waals surface area (Å²) in [6.45, 7) is 6.63. The average Bonchev–Trinajstić information content (AvgIpc) is 2.97. The second-order valence-electron chi connectivity index (χ2n) is 7.50. The van der Waals surface area contributed by atoms with Gasteiger partial charge in [-0.3, -0.25) is 9.59 Å². The van der Waals surface area contributed by atoms with E-state index in [1.54, 1.807) is 45.9 Å².